The molecule has 1 atom stereocenters. The third-order valence-electron chi connectivity index (χ3n) is 3.56. The molecule has 0 aliphatic rings. The molecule has 13 heteroatoms. The molecule has 0 saturated carbocycles. The Morgan fingerprint density at radius 1 is 1.26 bits per heavy atom. The molecule has 8 nitrogen and oxygen atoms in total. The summed E-state index contributed by atoms with van der Waals surface area (Å²) in [4.78, 5) is 7.97. The lowest BCUT2D eigenvalue weighted by molar-refractivity contribution is -0.309. The molecule has 2 aromatic heterocycles. The monoisotopic (exact) mass is 420 g/mol. The smallest absolute Gasteiger partial charge is 0.246 e. The predicted molar refractivity (Wildman–Crippen MR) is 94.2 cm³/mol. The normalized spacial score (nSPS) is 12.9. The van der Waals surface area contributed by atoms with Crippen LogP contribution in [0.5, 0.6) is 0 Å². The summed E-state index contributed by atoms with van der Waals surface area (Å²) in [5, 5.41) is 4.83. The average Bonchev–Trinajstić information content (AvgIpc) is 3.06. The van der Waals surface area contributed by atoms with Crippen LogP contribution in [0.15, 0.2) is 30.6 Å². The SMILES string of the molecule is CC(F)CN(N(F)F)N(N)c1c(-c2ccccc2Cl)c(Cl)nc2ncnn12. The highest BCUT2D eigenvalue weighted by atomic mass is 35.5. The van der Waals surface area contributed by atoms with Gasteiger partial charge in [-0.3, -0.25) is 0 Å². The molecule has 2 N–H and O–H groups in total. The lowest BCUT2D eigenvalue weighted by atomic mass is 10.1. The molecule has 1 aromatic carbocycles. The molecule has 3 aromatic rings. The van der Waals surface area contributed by atoms with Crippen molar-refractivity contribution in [2.75, 3.05) is 11.7 Å². The fourth-order valence-electron chi connectivity index (χ4n) is 2.47. The van der Waals surface area contributed by atoms with Gasteiger partial charge >= 0.3 is 0 Å². The van der Waals surface area contributed by atoms with Crippen molar-refractivity contribution in [3.63, 3.8) is 0 Å². The fourth-order valence-corrected chi connectivity index (χ4v) is 2.96. The summed E-state index contributed by atoms with van der Waals surface area (Å²) in [6, 6.07) is 6.55. The molecule has 0 aliphatic carbocycles. The molecular formula is C14H13Cl2F3N8. The Morgan fingerprint density at radius 2 is 1.96 bits per heavy atom. The number of nitrogens with two attached hydrogens (primary N) is 1. The van der Waals surface area contributed by atoms with E-state index in [1.807, 2.05) is 0 Å². The van der Waals surface area contributed by atoms with Gasteiger partial charge in [0.05, 0.1) is 12.1 Å². The van der Waals surface area contributed by atoms with E-state index in [0.29, 0.717) is 10.7 Å². The van der Waals surface area contributed by atoms with Crippen molar-refractivity contribution in [3.8, 4) is 11.1 Å². The molecule has 0 radical (unpaired) electrons. The van der Waals surface area contributed by atoms with Gasteiger partial charge in [-0.2, -0.15) is 19.6 Å². The summed E-state index contributed by atoms with van der Waals surface area (Å²) in [5.74, 6) is 5.81. The minimum Gasteiger partial charge on any atom is -0.246 e. The Morgan fingerprint density at radius 3 is 2.59 bits per heavy atom. The van der Waals surface area contributed by atoms with E-state index in [2.05, 4.69) is 15.1 Å². The summed E-state index contributed by atoms with van der Waals surface area (Å²) in [5.41, 5.74) is -0.845. The predicted octanol–water partition coefficient (Wildman–Crippen LogP) is 3.34. The highest BCUT2D eigenvalue weighted by Gasteiger charge is 2.30. The average molecular weight is 421 g/mol. The molecule has 0 fully saturated rings. The molecule has 0 aliphatic heterocycles. The lowest BCUT2D eigenvalue weighted by Gasteiger charge is -2.32. The van der Waals surface area contributed by atoms with Crippen molar-refractivity contribution < 1.29 is 13.4 Å². The Labute approximate surface area is 161 Å². The zero-order valence-corrected chi connectivity index (χ0v) is 15.3. The number of benzene rings is 1. The van der Waals surface area contributed by atoms with Crippen LogP contribution in [-0.2, 0) is 0 Å². The van der Waals surface area contributed by atoms with Gasteiger partial charge < -0.3 is 0 Å². The highest BCUT2D eigenvalue weighted by Crippen LogP contribution is 2.39. The van der Waals surface area contributed by atoms with Gasteiger partial charge in [-0.1, -0.05) is 55.5 Å². The number of aromatic nitrogens is 4. The second-order valence-corrected chi connectivity index (χ2v) is 6.21. The molecule has 2 heterocycles. The van der Waals surface area contributed by atoms with Gasteiger partial charge in [0.2, 0.25) is 0 Å². The van der Waals surface area contributed by atoms with E-state index >= 15 is 0 Å². The van der Waals surface area contributed by atoms with Gasteiger partial charge in [-0.05, 0) is 13.0 Å². The Kier molecular flexibility index (Phi) is 5.67. The van der Waals surface area contributed by atoms with Crippen LogP contribution >= 0.6 is 23.2 Å². The maximum atomic E-state index is 13.4. The first kappa shape index (κ1) is 19.6. The first-order valence-corrected chi connectivity index (χ1v) is 8.29. The van der Waals surface area contributed by atoms with E-state index in [-0.39, 0.29) is 32.5 Å². The Hall–Kier alpha value is -2.18. The number of alkyl halides is 1. The van der Waals surface area contributed by atoms with Crippen molar-refractivity contribution in [1.29, 1.82) is 0 Å². The second kappa shape index (κ2) is 7.82. The number of hydrogen-bond donors (Lipinski definition) is 1. The third kappa shape index (κ3) is 3.77. The lowest BCUT2D eigenvalue weighted by Crippen LogP contribution is -2.54. The van der Waals surface area contributed by atoms with Crippen LogP contribution in [0.4, 0.5) is 19.2 Å². The van der Waals surface area contributed by atoms with Crippen LogP contribution in [0.1, 0.15) is 6.92 Å². The molecule has 0 spiro atoms. The maximum Gasteiger partial charge on any atom is 0.255 e. The summed E-state index contributed by atoms with van der Waals surface area (Å²) in [7, 11) is 0. The molecule has 0 saturated heterocycles. The molecule has 3 rings (SSSR count). The quantitative estimate of drug-likeness (QED) is 0.283. The topological polar surface area (TPSA) is 78.8 Å². The van der Waals surface area contributed by atoms with Gasteiger partial charge in [0, 0.05) is 10.6 Å². The maximum absolute atomic E-state index is 13.4. The second-order valence-electron chi connectivity index (χ2n) is 5.45. The minimum atomic E-state index is -1.61. The highest BCUT2D eigenvalue weighted by molar-refractivity contribution is 6.36. The van der Waals surface area contributed by atoms with E-state index in [0.717, 1.165) is 17.8 Å². The van der Waals surface area contributed by atoms with Crippen molar-refractivity contribution in [2.24, 2.45) is 5.84 Å². The molecule has 0 bridgehead atoms. The number of fused-ring (bicyclic) bond motifs is 1. The van der Waals surface area contributed by atoms with Crippen molar-refractivity contribution in [2.45, 2.75) is 13.1 Å². The van der Waals surface area contributed by atoms with Gasteiger partial charge in [-0.25, -0.2) is 15.4 Å². The number of halogens is 5. The Bertz CT molecular complexity index is 951. The van der Waals surface area contributed by atoms with Crippen LogP contribution in [0.3, 0.4) is 0 Å². The first-order chi connectivity index (χ1) is 12.8. The molecule has 0 amide bonds. The van der Waals surface area contributed by atoms with Crippen LogP contribution in [0.25, 0.3) is 16.9 Å². The fraction of sp³-hybridized carbons (Fsp3) is 0.214. The standard InChI is InChI=1S/C14H13Cl2F3N8/c1-8(17)6-24(27(18)19)26(20)13-11(9-4-2-3-5-10(9)15)12(16)23-14-21-7-22-25(13)14/h2-5,7-8H,6,20H2,1H3. The van der Waals surface area contributed by atoms with Crippen LogP contribution < -0.4 is 11.0 Å². The number of rotatable bonds is 6. The first-order valence-electron chi connectivity index (χ1n) is 7.53. The van der Waals surface area contributed by atoms with E-state index in [4.69, 9.17) is 29.0 Å². The summed E-state index contributed by atoms with van der Waals surface area (Å²) in [6.07, 6.45) is -0.464. The van der Waals surface area contributed by atoms with Gasteiger partial charge in [0.1, 0.15) is 23.1 Å². The van der Waals surface area contributed by atoms with Crippen LogP contribution in [0.2, 0.25) is 10.2 Å². The molecule has 27 heavy (non-hydrogen) atoms. The Balaban J connectivity index is 2.28. The molecule has 144 valence electrons. The zero-order valence-electron chi connectivity index (χ0n) is 13.8. The number of anilines is 1. The number of hydrazine groups is 3. The van der Waals surface area contributed by atoms with Crippen LogP contribution in [-0.4, -0.2) is 42.9 Å². The number of nitrogens with zero attached hydrogens (tertiary/aromatic N) is 7. The van der Waals surface area contributed by atoms with Crippen molar-refractivity contribution in [3.05, 3.63) is 40.8 Å². The van der Waals surface area contributed by atoms with Crippen LogP contribution in [0, 0.1) is 0 Å². The summed E-state index contributed by atoms with van der Waals surface area (Å²) >= 11 is 12.5. The van der Waals surface area contributed by atoms with Gasteiger partial charge in [0.15, 0.2) is 5.82 Å². The third-order valence-corrected chi connectivity index (χ3v) is 4.16. The van der Waals surface area contributed by atoms with Crippen molar-refractivity contribution >= 4 is 34.8 Å². The largest absolute Gasteiger partial charge is 0.255 e. The zero-order chi connectivity index (χ0) is 19.7. The van der Waals surface area contributed by atoms with E-state index < -0.39 is 18.2 Å². The minimum absolute atomic E-state index is 0.0127. The van der Waals surface area contributed by atoms with E-state index in [1.54, 1.807) is 24.3 Å². The van der Waals surface area contributed by atoms with Crippen molar-refractivity contribution in [1.82, 2.24) is 30.2 Å². The van der Waals surface area contributed by atoms with E-state index in [1.165, 1.54) is 0 Å². The van der Waals surface area contributed by atoms with Gasteiger partial charge in [-0.15, -0.1) is 0 Å². The number of hydrogen-bond acceptors (Lipinski definition) is 7. The van der Waals surface area contributed by atoms with Gasteiger partial charge in [0.25, 0.3) is 5.78 Å². The summed E-state index contributed by atoms with van der Waals surface area (Å²) in [6.45, 7) is 0.380. The molecular weight excluding hydrogens is 408 g/mol. The summed E-state index contributed by atoms with van der Waals surface area (Å²) < 4.78 is 41.3. The molecule has 1 unspecified atom stereocenters. The van der Waals surface area contributed by atoms with E-state index in [9.17, 15) is 13.4 Å².